The van der Waals surface area contributed by atoms with Gasteiger partial charge in [-0.3, -0.25) is 4.79 Å². The molecule has 110 valence electrons. The highest BCUT2D eigenvalue weighted by molar-refractivity contribution is 6.33. The van der Waals surface area contributed by atoms with E-state index in [0.717, 1.165) is 5.69 Å². The number of anilines is 1. The first-order valence-corrected chi connectivity index (χ1v) is 7.24. The number of nitrogens with one attached hydrogen (secondary N) is 2. The van der Waals surface area contributed by atoms with Crippen LogP contribution < -0.4 is 10.6 Å². The second-order valence-electron chi connectivity index (χ2n) is 5.00. The van der Waals surface area contributed by atoms with Crippen molar-refractivity contribution in [3.8, 4) is 0 Å². The minimum Gasteiger partial charge on any atom is -0.377 e. The number of carbonyl (C=O) groups excluding carboxylic acids is 1. The van der Waals surface area contributed by atoms with Crippen molar-refractivity contribution in [1.29, 1.82) is 0 Å². The summed E-state index contributed by atoms with van der Waals surface area (Å²) < 4.78 is 0. The summed E-state index contributed by atoms with van der Waals surface area (Å²) in [5.74, 6) is -0.127. The standard InChI is InChI=1S/C17H19ClN2O/c1-11-6-4-5-7-14(11)12(2)20-16-10-13(17(21)19-3)8-9-15(16)18/h4-10,12,20H,1-3H3,(H,19,21). The van der Waals surface area contributed by atoms with E-state index in [9.17, 15) is 4.79 Å². The largest absolute Gasteiger partial charge is 0.377 e. The molecule has 0 saturated heterocycles. The fraction of sp³-hybridized carbons (Fsp3) is 0.235. The molecule has 0 heterocycles. The molecule has 2 rings (SSSR count). The molecule has 4 heteroatoms. The number of carbonyl (C=O) groups is 1. The molecule has 2 N–H and O–H groups in total. The fourth-order valence-corrected chi connectivity index (χ4v) is 2.48. The molecule has 0 aromatic heterocycles. The van der Waals surface area contributed by atoms with Crippen molar-refractivity contribution in [3.05, 3.63) is 64.2 Å². The lowest BCUT2D eigenvalue weighted by Gasteiger charge is -2.19. The van der Waals surface area contributed by atoms with Gasteiger partial charge in [-0.2, -0.15) is 0 Å². The molecule has 21 heavy (non-hydrogen) atoms. The van der Waals surface area contributed by atoms with Crippen molar-refractivity contribution in [2.75, 3.05) is 12.4 Å². The number of halogens is 1. The summed E-state index contributed by atoms with van der Waals surface area (Å²) in [6.07, 6.45) is 0. The van der Waals surface area contributed by atoms with Gasteiger partial charge in [0.1, 0.15) is 0 Å². The van der Waals surface area contributed by atoms with E-state index in [2.05, 4.69) is 36.6 Å². The number of benzene rings is 2. The van der Waals surface area contributed by atoms with Gasteiger partial charge in [0.2, 0.25) is 0 Å². The Kier molecular flexibility index (Phi) is 4.86. The van der Waals surface area contributed by atoms with Crippen LogP contribution in [0, 0.1) is 6.92 Å². The molecule has 3 nitrogen and oxygen atoms in total. The lowest BCUT2D eigenvalue weighted by Crippen LogP contribution is -2.18. The molecule has 2 aromatic carbocycles. The highest BCUT2D eigenvalue weighted by Crippen LogP contribution is 2.28. The van der Waals surface area contributed by atoms with Gasteiger partial charge >= 0.3 is 0 Å². The van der Waals surface area contributed by atoms with Gasteiger partial charge in [0.15, 0.2) is 0 Å². The van der Waals surface area contributed by atoms with Crippen LogP contribution in [-0.2, 0) is 0 Å². The molecule has 0 aliphatic carbocycles. The van der Waals surface area contributed by atoms with Crippen molar-refractivity contribution in [3.63, 3.8) is 0 Å². The molecule has 0 aliphatic heterocycles. The SMILES string of the molecule is CNC(=O)c1ccc(Cl)c(NC(C)c2ccccc2C)c1. The van der Waals surface area contributed by atoms with Crippen LogP contribution in [0.25, 0.3) is 0 Å². The molecule has 2 aromatic rings. The van der Waals surface area contributed by atoms with Gasteiger partial charge in [-0.1, -0.05) is 35.9 Å². The van der Waals surface area contributed by atoms with Crippen LogP contribution in [0.3, 0.4) is 0 Å². The van der Waals surface area contributed by atoms with E-state index in [-0.39, 0.29) is 11.9 Å². The number of rotatable bonds is 4. The van der Waals surface area contributed by atoms with Crippen LogP contribution in [-0.4, -0.2) is 13.0 Å². The summed E-state index contributed by atoms with van der Waals surface area (Å²) in [6.45, 7) is 4.15. The van der Waals surface area contributed by atoms with Crippen molar-refractivity contribution in [2.24, 2.45) is 0 Å². The Morgan fingerprint density at radius 3 is 2.57 bits per heavy atom. The molecular formula is C17H19ClN2O. The van der Waals surface area contributed by atoms with E-state index in [0.29, 0.717) is 10.6 Å². The van der Waals surface area contributed by atoms with E-state index in [1.54, 1.807) is 25.2 Å². The second-order valence-corrected chi connectivity index (χ2v) is 5.40. The molecule has 0 saturated carbocycles. The number of hydrogen-bond donors (Lipinski definition) is 2. The first-order chi connectivity index (χ1) is 10.0. The highest BCUT2D eigenvalue weighted by atomic mass is 35.5. The second kappa shape index (κ2) is 6.64. The summed E-state index contributed by atoms with van der Waals surface area (Å²) >= 11 is 6.22. The predicted octanol–water partition coefficient (Wildman–Crippen LogP) is 4.18. The Balaban J connectivity index is 2.27. The number of amides is 1. The van der Waals surface area contributed by atoms with Crippen LogP contribution >= 0.6 is 11.6 Å². The molecule has 1 amide bonds. The minimum atomic E-state index is -0.127. The average molecular weight is 303 g/mol. The molecule has 0 aliphatic rings. The Bertz CT molecular complexity index is 655. The number of aryl methyl sites for hydroxylation is 1. The third kappa shape index (κ3) is 3.56. The van der Waals surface area contributed by atoms with Crippen molar-refractivity contribution >= 4 is 23.2 Å². The zero-order valence-corrected chi connectivity index (χ0v) is 13.2. The summed E-state index contributed by atoms with van der Waals surface area (Å²) in [4.78, 5) is 11.7. The van der Waals surface area contributed by atoms with Crippen molar-refractivity contribution in [2.45, 2.75) is 19.9 Å². The van der Waals surface area contributed by atoms with Crippen LogP contribution in [0.15, 0.2) is 42.5 Å². The maximum Gasteiger partial charge on any atom is 0.251 e. The van der Waals surface area contributed by atoms with Gasteiger partial charge in [0.05, 0.1) is 10.7 Å². The van der Waals surface area contributed by atoms with E-state index >= 15 is 0 Å². The molecular weight excluding hydrogens is 284 g/mol. The summed E-state index contributed by atoms with van der Waals surface area (Å²) in [6, 6.07) is 13.5. The summed E-state index contributed by atoms with van der Waals surface area (Å²) in [7, 11) is 1.61. The lowest BCUT2D eigenvalue weighted by molar-refractivity contribution is 0.0963. The van der Waals surface area contributed by atoms with Gasteiger partial charge in [-0.25, -0.2) is 0 Å². The van der Waals surface area contributed by atoms with Crippen LogP contribution in [0.4, 0.5) is 5.69 Å². The van der Waals surface area contributed by atoms with Crippen LogP contribution in [0.5, 0.6) is 0 Å². The maximum absolute atomic E-state index is 11.7. The summed E-state index contributed by atoms with van der Waals surface area (Å²) in [5.41, 5.74) is 3.77. The zero-order chi connectivity index (χ0) is 15.4. The van der Waals surface area contributed by atoms with E-state index in [1.165, 1.54) is 11.1 Å². The quantitative estimate of drug-likeness (QED) is 0.889. The van der Waals surface area contributed by atoms with Crippen LogP contribution in [0.2, 0.25) is 5.02 Å². The molecule has 1 unspecified atom stereocenters. The van der Waals surface area contributed by atoms with Gasteiger partial charge in [0, 0.05) is 18.7 Å². The molecule has 1 atom stereocenters. The third-order valence-electron chi connectivity index (χ3n) is 3.48. The fourth-order valence-electron chi connectivity index (χ4n) is 2.31. The first kappa shape index (κ1) is 15.4. The predicted molar refractivity (Wildman–Crippen MR) is 88.1 cm³/mol. The van der Waals surface area contributed by atoms with Gasteiger partial charge in [-0.05, 0) is 43.2 Å². The van der Waals surface area contributed by atoms with E-state index in [1.807, 2.05) is 12.1 Å². The van der Waals surface area contributed by atoms with Crippen molar-refractivity contribution in [1.82, 2.24) is 5.32 Å². The third-order valence-corrected chi connectivity index (χ3v) is 3.81. The zero-order valence-electron chi connectivity index (χ0n) is 12.4. The molecule has 0 fully saturated rings. The maximum atomic E-state index is 11.7. The highest BCUT2D eigenvalue weighted by Gasteiger charge is 2.12. The van der Waals surface area contributed by atoms with Crippen LogP contribution in [0.1, 0.15) is 34.5 Å². The Hall–Kier alpha value is -2.00. The molecule has 0 spiro atoms. The monoisotopic (exact) mass is 302 g/mol. The van der Waals surface area contributed by atoms with Crippen molar-refractivity contribution < 1.29 is 4.79 Å². The minimum absolute atomic E-state index is 0.101. The number of hydrogen-bond acceptors (Lipinski definition) is 2. The molecule has 0 bridgehead atoms. The van der Waals surface area contributed by atoms with Gasteiger partial charge in [0.25, 0.3) is 5.91 Å². The average Bonchev–Trinajstić information content (AvgIpc) is 2.49. The first-order valence-electron chi connectivity index (χ1n) is 6.86. The normalized spacial score (nSPS) is 11.8. The summed E-state index contributed by atoms with van der Waals surface area (Å²) in [5, 5.41) is 6.59. The Morgan fingerprint density at radius 2 is 1.90 bits per heavy atom. The topological polar surface area (TPSA) is 41.1 Å². The van der Waals surface area contributed by atoms with E-state index in [4.69, 9.17) is 11.6 Å². The smallest absolute Gasteiger partial charge is 0.251 e. The van der Waals surface area contributed by atoms with E-state index < -0.39 is 0 Å². The molecule has 0 radical (unpaired) electrons. The van der Waals surface area contributed by atoms with Gasteiger partial charge in [-0.15, -0.1) is 0 Å². The lowest BCUT2D eigenvalue weighted by atomic mass is 10.0. The Morgan fingerprint density at radius 1 is 1.19 bits per heavy atom. The Labute approximate surface area is 130 Å². The van der Waals surface area contributed by atoms with Gasteiger partial charge < -0.3 is 10.6 Å².